The van der Waals surface area contributed by atoms with E-state index in [-0.39, 0.29) is 36.8 Å². The molecule has 0 radical (unpaired) electrons. The molecule has 0 fully saturated rings. The minimum atomic E-state index is -0.146. The maximum Gasteiger partial charge on any atom is 0.226 e. The summed E-state index contributed by atoms with van der Waals surface area (Å²) in [5.41, 5.74) is 7.35. The fraction of sp³-hybridized carbons (Fsp3) is 0.308. The van der Waals surface area contributed by atoms with Crippen molar-refractivity contribution in [1.29, 1.82) is 0 Å². The van der Waals surface area contributed by atoms with Crippen molar-refractivity contribution in [2.75, 3.05) is 5.32 Å². The van der Waals surface area contributed by atoms with Crippen LogP contribution >= 0.6 is 24.8 Å². The van der Waals surface area contributed by atoms with E-state index in [1.807, 2.05) is 12.1 Å². The molecule has 1 amide bonds. The summed E-state index contributed by atoms with van der Waals surface area (Å²) in [5.74, 6) is -0.0986. The lowest BCUT2D eigenvalue weighted by Gasteiger charge is -2.04. The third kappa shape index (κ3) is 6.57. The molecule has 8 heteroatoms. The molecule has 0 aromatic carbocycles. The summed E-state index contributed by atoms with van der Waals surface area (Å²) in [4.78, 5) is 15.5. The topological polar surface area (TPSA) is 85.8 Å². The molecule has 0 bridgehead atoms. The van der Waals surface area contributed by atoms with Gasteiger partial charge in [0.2, 0.25) is 5.91 Å². The van der Waals surface area contributed by atoms with Crippen molar-refractivity contribution in [3.8, 4) is 0 Å². The highest BCUT2D eigenvalue weighted by molar-refractivity contribution is 5.90. The van der Waals surface area contributed by atoms with Crippen LogP contribution in [0.25, 0.3) is 0 Å². The molecule has 0 saturated heterocycles. The number of carbonyl (C=O) groups is 1. The number of nitrogens with one attached hydrogen (secondary N) is 1. The molecule has 2 aromatic heterocycles. The summed E-state index contributed by atoms with van der Waals surface area (Å²) in [6, 6.07) is 3.71. The minimum absolute atomic E-state index is 0. The van der Waals surface area contributed by atoms with Gasteiger partial charge in [-0.15, -0.1) is 24.8 Å². The predicted molar refractivity (Wildman–Crippen MR) is 87.0 cm³/mol. The van der Waals surface area contributed by atoms with Gasteiger partial charge in [0.15, 0.2) is 0 Å². The maximum atomic E-state index is 11.6. The zero-order valence-electron chi connectivity index (χ0n) is 11.6. The van der Waals surface area contributed by atoms with Crippen LogP contribution in [0.1, 0.15) is 18.9 Å². The highest BCUT2D eigenvalue weighted by Crippen LogP contribution is 2.08. The number of pyridine rings is 1. The fourth-order valence-electron chi connectivity index (χ4n) is 1.69. The van der Waals surface area contributed by atoms with Crippen LogP contribution in [0.3, 0.4) is 0 Å². The Hall–Kier alpha value is -1.63. The van der Waals surface area contributed by atoms with Crippen LogP contribution in [0.4, 0.5) is 5.69 Å². The zero-order valence-corrected chi connectivity index (χ0v) is 13.2. The van der Waals surface area contributed by atoms with Crippen molar-refractivity contribution in [2.45, 2.75) is 25.9 Å². The van der Waals surface area contributed by atoms with Gasteiger partial charge < -0.3 is 11.1 Å². The zero-order chi connectivity index (χ0) is 13.7. The van der Waals surface area contributed by atoms with Crippen molar-refractivity contribution in [1.82, 2.24) is 14.8 Å². The van der Waals surface area contributed by atoms with E-state index in [9.17, 15) is 4.79 Å². The third-order valence-electron chi connectivity index (χ3n) is 2.52. The molecule has 3 N–H and O–H groups in total. The van der Waals surface area contributed by atoms with Crippen LogP contribution in [0, 0.1) is 0 Å². The van der Waals surface area contributed by atoms with E-state index < -0.39 is 0 Å². The van der Waals surface area contributed by atoms with Crippen molar-refractivity contribution < 1.29 is 4.79 Å². The number of hydrogen-bond acceptors (Lipinski definition) is 4. The Kier molecular flexibility index (Phi) is 8.61. The van der Waals surface area contributed by atoms with Gasteiger partial charge in [0.1, 0.15) is 0 Å². The second-order valence-corrected chi connectivity index (χ2v) is 4.51. The predicted octanol–water partition coefficient (Wildman–Crippen LogP) is 1.85. The largest absolute Gasteiger partial charge is 0.327 e. The smallest absolute Gasteiger partial charge is 0.226 e. The number of nitrogens with zero attached hydrogens (tertiary/aromatic N) is 3. The van der Waals surface area contributed by atoms with Gasteiger partial charge in [0.25, 0.3) is 0 Å². The van der Waals surface area contributed by atoms with Crippen LogP contribution in [0.5, 0.6) is 0 Å². The van der Waals surface area contributed by atoms with Gasteiger partial charge in [0.05, 0.1) is 18.4 Å². The molecule has 2 heterocycles. The van der Waals surface area contributed by atoms with Crippen LogP contribution in [0.2, 0.25) is 0 Å². The lowest BCUT2D eigenvalue weighted by atomic mass is 10.2. The Bertz CT molecular complexity index is 545. The first kappa shape index (κ1) is 19.4. The minimum Gasteiger partial charge on any atom is -0.327 e. The molecule has 2 rings (SSSR count). The molecule has 1 atom stereocenters. The second-order valence-electron chi connectivity index (χ2n) is 4.51. The molecule has 6 nitrogen and oxygen atoms in total. The molecule has 0 saturated carbocycles. The van der Waals surface area contributed by atoms with Gasteiger partial charge in [-0.1, -0.05) is 0 Å². The Labute approximate surface area is 135 Å². The number of aromatic nitrogens is 3. The lowest BCUT2D eigenvalue weighted by molar-refractivity contribution is -0.116. The molecule has 0 aliphatic carbocycles. The van der Waals surface area contributed by atoms with E-state index in [1.165, 1.54) is 0 Å². The Morgan fingerprint density at radius 3 is 2.67 bits per heavy atom. The van der Waals surface area contributed by atoms with E-state index in [0.717, 1.165) is 5.56 Å². The summed E-state index contributed by atoms with van der Waals surface area (Å²) in [6.45, 7) is 2.44. The van der Waals surface area contributed by atoms with Crippen LogP contribution in [0.15, 0.2) is 36.9 Å². The number of carbonyl (C=O) groups excluding carboxylic acids is 1. The van der Waals surface area contributed by atoms with Crippen molar-refractivity contribution in [3.05, 3.63) is 42.5 Å². The summed E-state index contributed by atoms with van der Waals surface area (Å²) in [5, 5.41) is 6.96. The Balaban J connectivity index is 0.00000200. The summed E-state index contributed by atoms with van der Waals surface area (Å²) < 4.78 is 1.76. The fourth-order valence-corrected chi connectivity index (χ4v) is 1.69. The standard InChI is InChI=1S/C13H17N5O.2ClH/c1-10(14)6-13(19)17-12-7-16-18(9-12)8-11-2-4-15-5-3-11;;/h2-5,7,9-10H,6,8,14H2,1H3,(H,17,19);2*1H. The second kappa shape index (κ2) is 9.33. The molecule has 1 unspecified atom stereocenters. The number of nitrogens with two attached hydrogens (primary N) is 1. The van der Waals surface area contributed by atoms with E-state index in [2.05, 4.69) is 15.4 Å². The van der Waals surface area contributed by atoms with Crippen molar-refractivity contribution >= 4 is 36.4 Å². The first-order valence-electron chi connectivity index (χ1n) is 6.10. The third-order valence-corrected chi connectivity index (χ3v) is 2.52. The van der Waals surface area contributed by atoms with E-state index in [4.69, 9.17) is 5.73 Å². The molecule has 116 valence electrons. The summed E-state index contributed by atoms with van der Waals surface area (Å²) in [7, 11) is 0. The molecule has 0 spiro atoms. The number of halogens is 2. The highest BCUT2D eigenvalue weighted by Gasteiger charge is 2.07. The van der Waals surface area contributed by atoms with Crippen LogP contribution < -0.4 is 11.1 Å². The normalized spacial score (nSPS) is 11.0. The van der Waals surface area contributed by atoms with Gasteiger partial charge in [-0.05, 0) is 24.6 Å². The molecule has 0 aliphatic rings. The SMILES string of the molecule is CC(N)CC(=O)Nc1cnn(Cc2ccncc2)c1.Cl.Cl. The van der Waals surface area contributed by atoms with Crippen LogP contribution in [-0.4, -0.2) is 26.7 Å². The van der Waals surface area contributed by atoms with Gasteiger partial charge >= 0.3 is 0 Å². The average molecular weight is 332 g/mol. The first-order chi connectivity index (χ1) is 9.13. The van der Waals surface area contributed by atoms with Gasteiger partial charge in [-0.3, -0.25) is 14.5 Å². The first-order valence-corrected chi connectivity index (χ1v) is 6.10. The number of amides is 1. The number of hydrogen-bond donors (Lipinski definition) is 2. The maximum absolute atomic E-state index is 11.6. The monoisotopic (exact) mass is 331 g/mol. The summed E-state index contributed by atoms with van der Waals surface area (Å²) >= 11 is 0. The summed E-state index contributed by atoms with van der Waals surface area (Å²) in [6.07, 6.45) is 7.20. The number of rotatable bonds is 5. The molecular formula is C13H19Cl2N5O. The van der Waals surface area contributed by atoms with Gasteiger partial charge in [0, 0.05) is 31.1 Å². The molecule has 2 aromatic rings. The molecular weight excluding hydrogens is 313 g/mol. The Morgan fingerprint density at radius 1 is 1.38 bits per heavy atom. The van der Waals surface area contributed by atoms with Gasteiger partial charge in [-0.2, -0.15) is 5.10 Å². The van der Waals surface area contributed by atoms with E-state index in [0.29, 0.717) is 18.7 Å². The number of anilines is 1. The lowest BCUT2D eigenvalue weighted by Crippen LogP contribution is -2.23. The van der Waals surface area contributed by atoms with Gasteiger partial charge in [-0.25, -0.2) is 0 Å². The molecule has 21 heavy (non-hydrogen) atoms. The van der Waals surface area contributed by atoms with Crippen molar-refractivity contribution in [2.24, 2.45) is 5.73 Å². The molecule has 0 aliphatic heterocycles. The van der Waals surface area contributed by atoms with Crippen LogP contribution in [-0.2, 0) is 11.3 Å². The Morgan fingerprint density at radius 2 is 2.05 bits per heavy atom. The quantitative estimate of drug-likeness (QED) is 0.875. The van der Waals surface area contributed by atoms with Crippen molar-refractivity contribution in [3.63, 3.8) is 0 Å². The van der Waals surface area contributed by atoms with E-state index >= 15 is 0 Å². The highest BCUT2D eigenvalue weighted by atomic mass is 35.5. The average Bonchev–Trinajstić information content (AvgIpc) is 2.76. The van der Waals surface area contributed by atoms with E-state index in [1.54, 1.807) is 36.4 Å².